The van der Waals surface area contributed by atoms with E-state index in [9.17, 15) is 4.79 Å². The van der Waals surface area contributed by atoms with Crippen molar-refractivity contribution in [2.45, 2.75) is 13.0 Å². The number of rotatable bonds is 5. The number of carbonyl (C=O) groups is 1. The number of hydrogen-bond acceptors (Lipinski definition) is 4. The fraction of sp³-hybridized carbons (Fsp3) is 0.727. The first kappa shape index (κ1) is 13.0. The largest absolute Gasteiger partial charge is 0.480 e. The molecule has 16 heavy (non-hydrogen) atoms. The van der Waals surface area contributed by atoms with Crippen molar-refractivity contribution in [2.24, 2.45) is 0 Å². The number of aliphatic carboxylic acids is 1. The minimum absolute atomic E-state index is 0.0485. The topological polar surface area (TPSA) is 53.0 Å². The Morgan fingerprint density at radius 2 is 2.38 bits per heavy atom. The fourth-order valence-electron chi connectivity index (χ4n) is 1.82. The Labute approximate surface area is 96.3 Å². The summed E-state index contributed by atoms with van der Waals surface area (Å²) in [5.74, 6) is -0.810. The Hall–Kier alpha value is -1.07. The molecule has 1 rings (SSSR count). The molecule has 5 heteroatoms. The number of morpholine rings is 1. The van der Waals surface area contributed by atoms with Crippen LogP contribution < -0.4 is 0 Å². The zero-order valence-electron chi connectivity index (χ0n) is 9.98. The molecule has 0 radical (unpaired) electrons. The highest BCUT2D eigenvalue weighted by Crippen LogP contribution is 2.10. The van der Waals surface area contributed by atoms with Crippen molar-refractivity contribution >= 4 is 5.97 Å². The Morgan fingerprint density at radius 3 is 2.94 bits per heavy atom. The van der Waals surface area contributed by atoms with Crippen molar-refractivity contribution in [3.63, 3.8) is 0 Å². The van der Waals surface area contributed by atoms with Gasteiger partial charge in [-0.2, -0.15) is 0 Å². The van der Waals surface area contributed by atoms with Gasteiger partial charge >= 0.3 is 5.97 Å². The van der Waals surface area contributed by atoms with Crippen molar-refractivity contribution in [1.29, 1.82) is 0 Å². The van der Waals surface area contributed by atoms with Crippen LogP contribution in [0.15, 0.2) is 12.3 Å². The molecular formula is C11H20N2O3. The SMILES string of the molecule is C=C(C)N1CCOC(CN(C)CC(=O)O)C1. The van der Waals surface area contributed by atoms with E-state index in [1.54, 1.807) is 11.9 Å². The van der Waals surface area contributed by atoms with Gasteiger partial charge in [-0.1, -0.05) is 6.58 Å². The lowest BCUT2D eigenvalue weighted by molar-refractivity contribution is -0.138. The van der Waals surface area contributed by atoms with Gasteiger partial charge in [0.15, 0.2) is 0 Å². The lowest BCUT2D eigenvalue weighted by Crippen LogP contribution is -2.46. The van der Waals surface area contributed by atoms with E-state index < -0.39 is 5.97 Å². The van der Waals surface area contributed by atoms with Gasteiger partial charge in [0.05, 0.1) is 19.3 Å². The first-order valence-corrected chi connectivity index (χ1v) is 5.41. The number of nitrogens with zero attached hydrogens (tertiary/aromatic N) is 2. The van der Waals surface area contributed by atoms with Gasteiger partial charge in [0.1, 0.15) is 0 Å². The normalized spacial score (nSPS) is 21.2. The van der Waals surface area contributed by atoms with Crippen molar-refractivity contribution < 1.29 is 14.6 Å². The Bertz CT molecular complexity index is 268. The summed E-state index contributed by atoms with van der Waals surface area (Å²) in [4.78, 5) is 14.4. The summed E-state index contributed by atoms with van der Waals surface area (Å²) < 4.78 is 5.59. The van der Waals surface area contributed by atoms with Gasteiger partial charge in [-0.3, -0.25) is 9.69 Å². The van der Waals surface area contributed by atoms with E-state index in [0.717, 1.165) is 18.8 Å². The van der Waals surface area contributed by atoms with E-state index in [2.05, 4.69) is 11.5 Å². The van der Waals surface area contributed by atoms with Gasteiger partial charge in [-0.05, 0) is 14.0 Å². The lowest BCUT2D eigenvalue weighted by Gasteiger charge is -2.36. The molecule has 1 fully saturated rings. The highest BCUT2D eigenvalue weighted by molar-refractivity contribution is 5.68. The second-order valence-corrected chi connectivity index (χ2v) is 4.26. The number of ether oxygens (including phenoxy) is 1. The molecule has 1 atom stereocenters. The van der Waals surface area contributed by atoms with E-state index >= 15 is 0 Å². The van der Waals surface area contributed by atoms with Crippen LogP contribution in [-0.4, -0.2) is 66.8 Å². The molecule has 1 saturated heterocycles. The van der Waals surface area contributed by atoms with E-state index in [4.69, 9.17) is 9.84 Å². The summed E-state index contributed by atoms with van der Waals surface area (Å²) in [5, 5.41) is 8.65. The molecule has 1 N–H and O–H groups in total. The number of carboxylic acid groups (broad SMARTS) is 1. The Kier molecular flexibility index (Phi) is 4.76. The van der Waals surface area contributed by atoms with Gasteiger partial charge in [0.2, 0.25) is 0 Å². The second kappa shape index (κ2) is 5.86. The molecule has 0 aromatic rings. The molecule has 1 unspecified atom stereocenters. The molecule has 0 bridgehead atoms. The highest BCUT2D eigenvalue weighted by Gasteiger charge is 2.21. The smallest absolute Gasteiger partial charge is 0.317 e. The average Bonchev–Trinajstić information content (AvgIpc) is 2.16. The highest BCUT2D eigenvalue weighted by atomic mass is 16.5. The molecule has 0 spiro atoms. The molecule has 92 valence electrons. The summed E-state index contributed by atoms with van der Waals surface area (Å²) >= 11 is 0. The standard InChI is InChI=1S/C11H20N2O3/c1-9(2)13-4-5-16-10(7-13)6-12(3)8-11(14)15/h10H,1,4-8H2,2-3H3,(H,14,15). The molecule has 1 aliphatic heterocycles. The predicted molar refractivity (Wildman–Crippen MR) is 61.3 cm³/mol. The summed E-state index contributed by atoms with van der Waals surface area (Å²) in [6, 6.07) is 0. The average molecular weight is 228 g/mol. The maximum atomic E-state index is 10.5. The van der Waals surface area contributed by atoms with Crippen molar-refractivity contribution in [3.8, 4) is 0 Å². The van der Waals surface area contributed by atoms with Gasteiger partial charge in [-0.25, -0.2) is 0 Å². The molecule has 5 nitrogen and oxygen atoms in total. The van der Waals surface area contributed by atoms with Crippen LogP contribution in [0.25, 0.3) is 0 Å². The van der Waals surface area contributed by atoms with Gasteiger partial charge < -0.3 is 14.7 Å². The number of hydrogen-bond donors (Lipinski definition) is 1. The lowest BCUT2D eigenvalue weighted by atomic mass is 10.2. The third-order valence-electron chi connectivity index (χ3n) is 2.60. The van der Waals surface area contributed by atoms with Crippen molar-refractivity contribution in [3.05, 3.63) is 12.3 Å². The first-order valence-electron chi connectivity index (χ1n) is 5.41. The monoisotopic (exact) mass is 228 g/mol. The van der Waals surface area contributed by atoms with Crippen LogP contribution in [0.1, 0.15) is 6.92 Å². The molecule has 1 aliphatic rings. The summed E-state index contributed by atoms with van der Waals surface area (Å²) in [6.07, 6.45) is 0.0646. The zero-order valence-corrected chi connectivity index (χ0v) is 9.98. The molecule has 0 aromatic carbocycles. The molecule has 0 amide bonds. The van der Waals surface area contributed by atoms with Crippen LogP contribution in [-0.2, 0) is 9.53 Å². The van der Waals surface area contributed by atoms with Crippen LogP contribution in [0.3, 0.4) is 0 Å². The van der Waals surface area contributed by atoms with E-state index in [1.807, 2.05) is 6.92 Å². The third kappa shape index (κ3) is 4.20. The number of carboxylic acids is 1. The number of likely N-dealkylation sites (N-methyl/N-ethyl adjacent to an activating group) is 1. The summed E-state index contributed by atoms with van der Waals surface area (Å²) in [7, 11) is 1.79. The van der Waals surface area contributed by atoms with Gasteiger partial charge in [0, 0.05) is 25.3 Å². The maximum Gasteiger partial charge on any atom is 0.317 e. The van der Waals surface area contributed by atoms with E-state index in [-0.39, 0.29) is 12.6 Å². The van der Waals surface area contributed by atoms with Crippen LogP contribution in [0.4, 0.5) is 0 Å². The quantitative estimate of drug-likeness (QED) is 0.730. The second-order valence-electron chi connectivity index (χ2n) is 4.26. The molecule has 0 aromatic heterocycles. The van der Waals surface area contributed by atoms with Crippen molar-refractivity contribution in [1.82, 2.24) is 9.80 Å². The first-order chi connectivity index (χ1) is 7.49. The number of allylic oxidation sites excluding steroid dienone is 1. The Morgan fingerprint density at radius 1 is 1.69 bits per heavy atom. The molecule has 1 heterocycles. The summed E-state index contributed by atoms with van der Waals surface area (Å²) in [5.41, 5.74) is 1.04. The van der Waals surface area contributed by atoms with Gasteiger partial charge in [0.25, 0.3) is 0 Å². The maximum absolute atomic E-state index is 10.5. The van der Waals surface area contributed by atoms with Gasteiger partial charge in [-0.15, -0.1) is 0 Å². The van der Waals surface area contributed by atoms with Crippen LogP contribution in [0, 0.1) is 0 Å². The van der Waals surface area contributed by atoms with Crippen LogP contribution >= 0.6 is 0 Å². The Balaban J connectivity index is 2.36. The zero-order chi connectivity index (χ0) is 12.1. The van der Waals surface area contributed by atoms with E-state index in [1.165, 1.54) is 0 Å². The molecule has 0 saturated carbocycles. The summed E-state index contributed by atoms with van der Waals surface area (Å²) in [6.45, 7) is 8.90. The molecular weight excluding hydrogens is 208 g/mol. The van der Waals surface area contributed by atoms with E-state index in [0.29, 0.717) is 13.2 Å². The van der Waals surface area contributed by atoms with Crippen LogP contribution in [0.2, 0.25) is 0 Å². The predicted octanol–water partition coefficient (Wildman–Crippen LogP) is 0.237. The third-order valence-corrected chi connectivity index (χ3v) is 2.60. The minimum Gasteiger partial charge on any atom is -0.480 e. The van der Waals surface area contributed by atoms with Crippen molar-refractivity contribution in [2.75, 3.05) is 39.8 Å². The van der Waals surface area contributed by atoms with Crippen LogP contribution in [0.5, 0.6) is 0 Å². The molecule has 0 aliphatic carbocycles. The minimum atomic E-state index is -0.810. The fourth-order valence-corrected chi connectivity index (χ4v) is 1.82.